The fraction of sp³-hybridized carbons (Fsp3) is 0.464. The first-order valence-corrected chi connectivity index (χ1v) is 12.7. The van der Waals surface area contributed by atoms with Crippen molar-refractivity contribution in [3.8, 4) is 0 Å². The zero-order valence-corrected chi connectivity index (χ0v) is 22.3. The van der Waals surface area contributed by atoms with Crippen LogP contribution in [-0.4, -0.2) is 60.7 Å². The van der Waals surface area contributed by atoms with Gasteiger partial charge in [-0.15, -0.1) is 0 Å². The van der Waals surface area contributed by atoms with E-state index in [9.17, 15) is 27.6 Å². The zero-order valence-electron chi connectivity index (χ0n) is 22.3. The van der Waals surface area contributed by atoms with E-state index in [1.807, 2.05) is 18.2 Å². The molecule has 0 aliphatic carbocycles. The average Bonchev–Trinajstić information content (AvgIpc) is 2.89. The minimum Gasteiger partial charge on any atom is -0.460 e. The molecule has 2 amide bonds. The molecule has 1 saturated heterocycles. The van der Waals surface area contributed by atoms with Crippen LogP contribution < -0.4 is 10.2 Å². The average molecular weight is 550 g/mol. The third-order valence-corrected chi connectivity index (χ3v) is 5.99. The van der Waals surface area contributed by atoms with Gasteiger partial charge in [-0.25, -0.2) is 4.79 Å². The fourth-order valence-corrected chi connectivity index (χ4v) is 4.10. The summed E-state index contributed by atoms with van der Waals surface area (Å²) < 4.78 is 49.9. The summed E-state index contributed by atoms with van der Waals surface area (Å²) in [7, 11) is 0. The highest BCUT2D eigenvalue weighted by molar-refractivity contribution is 5.86. The summed E-state index contributed by atoms with van der Waals surface area (Å²) in [5, 5.41) is 2.57. The first-order valence-electron chi connectivity index (χ1n) is 12.7. The van der Waals surface area contributed by atoms with Gasteiger partial charge in [0.1, 0.15) is 18.2 Å². The second kappa shape index (κ2) is 12.9. The van der Waals surface area contributed by atoms with Crippen LogP contribution in [0.4, 0.5) is 23.7 Å². The summed E-state index contributed by atoms with van der Waals surface area (Å²) >= 11 is 0. The predicted molar refractivity (Wildman–Crippen MR) is 139 cm³/mol. The molecule has 3 rings (SSSR count). The van der Waals surface area contributed by atoms with Crippen molar-refractivity contribution in [2.45, 2.75) is 58.0 Å². The summed E-state index contributed by atoms with van der Waals surface area (Å²) in [4.78, 5) is 41.5. The molecular formula is C28H34F3N3O5. The van der Waals surface area contributed by atoms with Gasteiger partial charge in [-0.3, -0.25) is 9.59 Å². The van der Waals surface area contributed by atoms with Crippen LogP contribution in [0.2, 0.25) is 0 Å². The maximum absolute atomic E-state index is 13.4. The molecule has 0 bridgehead atoms. The van der Waals surface area contributed by atoms with Gasteiger partial charge in [-0.05, 0) is 51.0 Å². The van der Waals surface area contributed by atoms with Gasteiger partial charge in [0.15, 0.2) is 0 Å². The number of esters is 1. The van der Waals surface area contributed by atoms with E-state index in [1.54, 1.807) is 43.9 Å². The molecule has 0 saturated carbocycles. The Kier molecular flexibility index (Phi) is 9.82. The highest BCUT2D eigenvalue weighted by atomic mass is 19.4. The Hall–Kier alpha value is -3.76. The largest absolute Gasteiger partial charge is 0.460 e. The van der Waals surface area contributed by atoms with E-state index in [-0.39, 0.29) is 32.5 Å². The molecule has 1 N–H and O–H groups in total. The highest BCUT2D eigenvalue weighted by Gasteiger charge is 2.33. The van der Waals surface area contributed by atoms with Crippen molar-refractivity contribution in [3.05, 3.63) is 65.7 Å². The van der Waals surface area contributed by atoms with Gasteiger partial charge >= 0.3 is 18.2 Å². The van der Waals surface area contributed by atoms with E-state index >= 15 is 0 Å². The van der Waals surface area contributed by atoms with Crippen molar-refractivity contribution in [2.24, 2.45) is 0 Å². The van der Waals surface area contributed by atoms with Gasteiger partial charge in [0.05, 0.1) is 5.56 Å². The maximum Gasteiger partial charge on any atom is 0.416 e. The number of benzene rings is 2. The topological polar surface area (TPSA) is 88.2 Å². The van der Waals surface area contributed by atoms with E-state index in [4.69, 9.17) is 9.47 Å². The molecule has 1 atom stereocenters. The van der Waals surface area contributed by atoms with Gasteiger partial charge in [-0.1, -0.05) is 36.4 Å². The molecule has 39 heavy (non-hydrogen) atoms. The number of anilines is 1. The van der Waals surface area contributed by atoms with E-state index < -0.39 is 41.4 Å². The molecule has 212 valence electrons. The lowest BCUT2D eigenvalue weighted by molar-refractivity contribution is -0.155. The lowest BCUT2D eigenvalue weighted by Gasteiger charge is -2.37. The summed E-state index contributed by atoms with van der Waals surface area (Å²) in [6, 6.07) is 13.1. The Bertz CT molecular complexity index is 1130. The predicted octanol–water partition coefficient (Wildman–Crippen LogP) is 4.77. The van der Waals surface area contributed by atoms with Crippen LogP contribution in [0.3, 0.4) is 0 Å². The number of nitrogens with one attached hydrogen (secondary N) is 1. The summed E-state index contributed by atoms with van der Waals surface area (Å²) in [5.74, 6) is -0.909. The highest BCUT2D eigenvalue weighted by Crippen LogP contribution is 2.32. The number of amides is 2. The number of nitrogens with zero attached hydrogens (tertiary/aromatic N) is 2. The van der Waals surface area contributed by atoms with E-state index in [2.05, 4.69) is 5.32 Å². The standard InChI is InChI=1S/C28H34F3N3O5/c1-27(2,3)39-24(35)13-12-23(32-26(37)38-19-20-8-5-4-6-9-20)25(36)34-16-14-33(15-17-34)22-11-7-10-21(18-22)28(29,30)31/h4-11,18,23H,12-17,19H2,1-3H3,(H,32,37). The number of ether oxygens (including phenoxy) is 2. The molecule has 2 aromatic rings. The Morgan fingerprint density at radius 1 is 0.949 bits per heavy atom. The Balaban J connectivity index is 1.62. The van der Waals surface area contributed by atoms with Crippen LogP contribution in [0.5, 0.6) is 0 Å². The maximum atomic E-state index is 13.4. The quantitative estimate of drug-likeness (QED) is 0.478. The number of hydrogen-bond donors (Lipinski definition) is 1. The number of carbonyl (C=O) groups is 3. The normalized spacial score (nSPS) is 14.9. The zero-order chi connectivity index (χ0) is 28.6. The van der Waals surface area contributed by atoms with Crippen LogP contribution in [0, 0.1) is 0 Å². The molecule has 0 spiro atoms. The summed E-state index contributed by atoms with van der Waals surface area (Å²) in [6.07, 6.45) is -5.35. The number of hydrogen-bond acceptors (Lipinski definition) is 6. The fourth-order valence-electron chi connectivity index (χ4n) is 4.10. The monoisotopic (exact) mass is 549 g/mol. The molecule has 0 radical (unpaired) electrons. The number of halogens is 3. The van der Waals surface area contributed by atoms with Crippen molar-refractivity contribution in [3.63, 3.8) is 0 Å². The third-order valence-electron chi connectivity index (χ3n) is 5.99. The van der Waals surface area contributed by atoms with Crippen molar-refractivity contribution in [1.29, 1.82) is 0 Å². The Labute approximate surface area is 226 Å². The van der Waals surface area contributed by atoms with Gasteiger partial charge in [0.2, 0.25) is 5.91 Å². The van der Waals surface area contributed by atoms with Crippen LogP contribution in [0.25, 0.3) is 0 Å². The molecule has 1 unspecified atom stereocenters. The van der Waals surface area contributed by atoms with Crippen molar-refractivity contribution in [2.75, 3.05) is 31.1 Å². The molecule has 1 heterocycles. The lowest BCUT2D eigenvalue weighted by atomic mass is 10.1. The minimum absolute atomic E-state index is 0.00201. The first kappa shape index (κ1) is 29.8. The van der Waals surface area contributed by atoms with Crippen LogP contribution in [0.15, 0.2) is 54.6 Å². The number of carbonyl (C=O) groups excluding carboxylic acids is 3. The first-order chi connectivity index (χ1) is 18.3. The van der Waals surface area contributed by atoms with Gasteiger partial charge < -0.3 is 24.6 Å². The second-order valence-corrected chi connectivity index (χ2v) is 10.2. The third kappa shape index (κ3) is 9.49. The number of alkyl halides is 3. The van der Waals surface area contributed by atoms with Gasteiger partial charge in [-0.2, -0.15) is 13.2 Å². The SMILES string of the molecule is CC(C)(C)OC(=O)CCC(NC(=O)OCc1ccccc1)C(=O)N1CCN(c2cccc(C(F)(F)F)c2)CC1. The van der Waals surface area contributed by atoms with Crippen LogP contribution in [0.1, 0.15) is 44.7 Å². The lowest BCUT2D eigenvalue weighted by Crippen LogP contribution is -2.55. The molecule has 1 aliphatic rings. The Morgan fingerprint density at radius 3 is 2.23 bits per heavy atom. The minimum atomic E-state index is -4.45. The number of piperazine rings is 1. The molecule has 2 aromatic carbocycles. The van der Waals surface area contributed by atoms with Gasteiger partial charge in [0, 0.05) is 38.3 Å². The van der Waals surface area contributed by atoms with E-state index in [1.165, 1.54) is 11.0 Å². The van der Waals surface area contributed by atoms with Crippen LogP contribution in [-0.2, 0) is 31.8 Å². The smallest absolute Gasteiger partial charge is 0.416 e. The Morgan fingerprint density at radius 2 is 1.62 bits per heavy atom. The molecule has 11 heteroatoms. The van der Waals surface area contributed by atoms with Crippen molar-refractivity contribution >= 4 is 23.7 Å². The number of alkyl carbamates (subject to hydrolysis) is 1. The molecule has 8 nitrogen and oxygen atoms in total. The molecule has 1 fully saturated rings. The van der Waals surface area contributed by atoms with Gasteiger partial charge in [0.25, 0.3) is 0 Å². The summed E-state index contributed by atoms with van der Waals surface area (Å²) in [5.41, 5.74) is -0.242. The van der Waals surface area contributed by atoms with Crippen molar-refractivity contribution < 1.29 is 37.0 Å². The van der Waals surface area contributed by atoms with Crippen molar-refractivity contribution in [1.82, 2.24) is 10.2 Å². The summed E-state index contributed by atoms with van der Waals surface area (Å²) in [6.45, 7) is 6.30. The molecule has 1 aliphatic heterocycles. The molecule has 0 aromatic heterocycles. The number of rotatable bonds is 8. The van der Waals surface area contributed by atoms with E-state index in [0.717, 1.165) is 17.7 Å². The molecular weight excluding hydrogens is 515 g/mol. The van der Waals surface area contributed by atoms with E-state index in [0.29, 0.717) is 18.8 Å². The second-order valence-electron chi connectivity index (χ2n) is 10.2. The van der Waals surface area contributed by atoms with Crippen LogP contribution >= 0.6 is 0 Å².